The topological polar surface area (TPSA) is 75.7 Å². The summed E-state index contributed by atoms with van der Waals surface area (Å²) in [5.41, 5.74) is -0.578. The summed E-state index contributed by atoms with van der Waals surface area (Å²) >= 11 is 3.29. The second-order valence-corrected chi connectivity index (χ2v) is 6.07. The van der Waals surface area contributed by atoms with Crippen LogP contribution in [0.2, 0.25) is 0 Å². The Bertz CT molecular complexity index is 627. The number of carbonyl (C=O) groups excluding carboxylic acids is 3. The number of nitrogens with one attached hydrogen (secondary N) is 1. The van der Waals surface area contributed by atoms with Crippen molar-refractivity contribution in [2.24, 2.45) is 0 Å². The van der Waals surface area contributed by atoms with Crippen LogP contribution in [0.1, 0.15) is 24.2 Å². The number of rotatable bonds is 4. The first-order chi connectivity index (χ1) is 9.76. The minimum absolute atomic E-state index is 0.285. The third-order valence-electron chi connectivity index (χ3n) is 3.22. The smallest absolute Gasteiger partial charge is 0.325 e. The van der Waals surface area contributed by atoms with Gasteiger partial charge in [-0.15, -0.1) is 0 Å². The number of hydrogen-bond donors (Lipinski definition) is 1. The third kappa shape index (κ3) is 2.92. The highest BCUT2D eigenvalue weighted by molar-refractivity contribution is 9.10. The maximum atomic E-state index is 12.2. The maximum absolute atomic E-state index is 12.2. The number of ketones is 1. The molecule has 0 radical (unpaired) electrons. The number of benzene rings is 1. The molecular formula is C14H15BrN2O4. The Labute approximate surface area is 130 Å². The number of urea groups is 1. The van der Waals surface area contributed by atoms with E-state index in [-0.39, 0.29) is 12.3 Å². The van der Waals surface area contributed by atoms with E-state index in [1.165, 1.54) is 7.11 Å². The van der Waals surface area contributed by atoms with Gasteiger partial charge < -0.3 is 10.1 Å². The summed E-state index contributed by atoms with van der Waals surface area (Å²) in [6, 6.07) is 4.29. The van der Waals surface area contributed by atoms with Crippen molar-refractivity contribution in [1.82, 2.24) is 10.2 Å². The highest BCUT2D eigenvalue weighted by atomic mass is 79.9. The van der Waals surface area contributed by atoms with Crippen LogP contribution in [0.25, 0.3) is 0 Å². The van der Waals surface area contributed by atoms with E-state index in [9.17, 15) is 14.4 Å². The number of halogens is 1. The van der Waals surface area contributed by atoms with Gasteiger partial charge in [0.15, 0.2) is 5.78 Å². The summed E-state index contributed by atoms with van der Waals surface area (Å²) in [7, 11) is 1.52. The summed E-state index contributed by atoms with van der Waals surface area (Å²) in [6.07, 6.45) is 0. The van der Waals surface area contributed by atoms with Gasteiger partial charge in [0.05, 0.1) is 18.1 Å². The Morgan fingerprint density at radius 1 is 1.38 bits per heavy atom. The van der Waals surface area contributed by atoms with Crippen LogP contribution in [-0.2, 0) is 4.79 Å². The fraction of sp³-hybridized carbons (Fsp3) is 0.357. The summed E-state index contributed by atoms with van der Waals surface area (Å²) in [6.45, 7) is 2.91. The number of carbonyl (C=O) groups is 3. The SMILES string of the molecule is COc1ccc(C(=O)CN2C(=O)NC(C)(C)C2=O)cc1Br. The zero-order valence-electron chi connectivity index (χ0n) is 11.9. The van der Waals surface area contributed by atoms with Crippen LogP contribution >= 0.6 is 15.9 Å². The number of methoxy groups -OCH3 is 1. The molecule has 1 aliphatic heterocycles. The molecule has 1 fully saturated rings. The second-order valence-electron chi connectivity index (χ2n) is 5.22. The highest BCUT2D eigenvalue weighted by Gasteiger charge is 2.44. The molecule has 1 heterocycles. The van der Waals surface area contributed by atoms with Crippen molar-refractivity contribution in [2.45, 2.75) is 19.4 Å². The Balaban J connectivity index is 2.17. The molecule has 1 aliphatic rings. The average molecular weight is 355 g/mol. The molecule has 2 rings (SSSR count). The molecule has 0 aliphatic carbocycles. The lowest BCUT2D eigenvalue weighted by Crippen LogP contribution is -2.41. The zero-order chi connectivity index (χ0) is 15.8. The third-order valence-corrected chi connectivity index (χ3v) is 3.84. The molecule has 1 aromatic carbocycles. The summed E-state index contributed by atoms with van der Waals surface area (Å²) in [4.78, 5) is 36.9. The van der Waals surface area contributed by atoms with E-state index in [2.05, 4.69) is 21.2 Å². The minimum Gasteiger partial charge on any atom is -0.496 e. The lowest BCUT2D eigenvalue weighted by Gasteiger charge is -2.15. The van der Waals surface area contributed by atoms with Gasteiger partial charge in [0.25, 0.3) is 5.91 Å². The van der Waals surface area contributed by atoms with E-state index in [0.717, 1.165) is 4.90 Å². The van der Waals surface area contributed by atoms with Crippen molar-refractivity contribution in [2.75, 3.05) is 13.7 Å². The van der Waals surface area contributed by atoms with Crippen molar-refractivity contribution in [3.8, 4) is 5.75 Å². The monoisotopic (exact) mass is 354 g/mol. The van der Waals surface area contributed by atoms with Gasteiger partial charge in [-0.3, -0.25) is 14.5 Å². The zero-order valence-corrected chi connectivity index (χ0v) is 13.5. The average Bonchev–Trinajstić information content (AvgIpc) is 2.60. The molecule has 1 aromatic rings. The Morgan fingerprint density at radius 3 is 2.52 bits per heavy atom. The molecule has 0 bridgehead atoms. The van der Waals surface area contributed by atoms with E-state index in [1.807, 2.05) is 0 Å². The minimum atomic E-state index is -0.974. The van der Waals surface area contributed by atoms with E-state index in [0.29, 0.717) is 15.8 Å². The van der Waals surface area contributed by atoms with Crippen molar-refractivity contribution in [1.29, 1.82) is 0 Å². The number of ether oxygens (including phenoxy) is 1. The van der Waals surface area contributed by atoms with Gasteiger partial charge in [-0.25, -0.2) is 4.79 Å². The fourth-order valence-electron chi connectivity index (χ4n) is 2.04. The molecule has 1 saturated heterocycles. The lowest BCUT2D eigenvalue weighted by atomic mass is 10.1. The summed E-state index contributed by atoms with van der Waals surface area (Å²) in [5.74, 6) is -0.129. The van der Waals surface area contributed by atoms with Crippen LogP contribution in [0.5, 0.6) is 5.75 Å². The molecule has 21 heavy (non-hydrogen) atoms. The molecule has 3 amide bonds. The maximum Gasteiger partial charge on any atom is 0.325 e. The molecule has 0 spiro atoms. The highest BCUT2D eigenvalue weighted by Crippen LogP contribution is 2.26. The fourth-order valence-corrected chi connectivity index (χ4v) is 2.58. The lowest BCUT2D eigenvalue weighted by molar-refractivity contribution is -0.129. The number of hydrogen-bond acceptors (Lipinski definition) is 4. The number of nitrogens with zero attached hydrogens (tertiary/aromatic N) is 1. The van der Waals surface area contributed by atoms with Gasteiger partial charge in [-0.2, -0.15) is 0 Å². The quantitative estimate of drug-likeness (QED) is 0.662. The first kappa shape index (κ1) is 15.5. The Hall–Kier alpha value is -1.89. The standard InChI is InChI=1S/C14H15BrN2O4/c1-14(2)12(19)17(13(20)16-14)7-10(18)8-4-5-11(21-3)9(15)6-8/h4-6H,7H2,1-3H3,(H,16,20). The van der Waals surface area contributed by atoms with Crippen LogP contribution in [0.4, 0.5) is 4.79 Å². The van der Waals surface area contributed by atoms with Gasteiger partial charge in [0.2, 0.25) is 0 Å². The van der Waals surface area contributed by atoms with E-state index >= 15 is 0 Å². The van der Waals surface area contributed by atoms with Gasteiger partial charge in [-0.05, 0) is 48.0 Å². The van der Waals surface area contributed by atoms with Gasteiger partial charge in [0, 0.05) is 5.56 Å². The molecule has 1 N–H and O–H groups in total. The molecule has 6 nitrogen and oxygen atoms in total. The number of amides is 3. The van der Waals surface area contributed by atoms with Crippen LogP contribution < -0.4 is 10.1 Å². The second kappa shape index (κ2) is 5.48. The van der Waals surface area contributed by atoms with Gasteiger partial charge >= 0.3 is 6.03 Å². The first-order valence-electron chi connectivity index (χ1n) is 6.27. The van der Waals surface area contributed by atoms with E-state index < -0.39 is 17.5 Å². The van der Waals surface area contributed by atoms with E-state index in [4.69, 9.17) is 4.74 Å². The van der Waals surface area contributed by atoms with Crippen LogP contribution in [-0.4, -0.2) is 41.8 Å². The summed E-state index contributed by atoms with van der Waals surface area (Å²) in [5, 5.41) is 2.54. The van der Waals surface area contributed by atoms with Crippen molar-refractivity contribution >= 4 is 33.7 Å². The molecule has 0 saturated carbocycles. The molecule has 7 heteroatoms. The van der Waals surface area contributed by atoms with Gasteiger partial charge in [0.1, 0.15) is 11.3 Å². The predicted molar refractivity (Wildman–Crippen MR) is 79.3 cm³/mol. The molecular weight excluding hydrogens is 340 g/mol. The first-order valence-corrected chi connectivity index (χ1v) is 7.06. The molecule has 0 unspecified atom stereocenters. The van der Waals surface area contributed by atoms with Crippen molar-refractivity contribution in [3.05, 3.63) is 28.2 Å². The molecule has 0 aromatic heterocycles. The predicted octanol–water partition coefficient (Wildman–Crippen LogP) is 1.97. The van der Waals surface area contributed by atoms with Gasteiger partial charge in [-0.1, -0.05) is 0 Å². The largest absolute Gasteiger partial charge is 0.496 e. The normalized spacial score (nSPS) is 16.9. The molecule has 0 atom stereocenters. The summed E-state index contributed by atoms with van der Waals surface area (Å²) < 4.78 is 5.72. The van der Waals surface area contributed by atoms with Crippen LogP contribution in [0.3, 0.4) is 0 Å². The van der Waals surface area contributed by atoms with Crippen molar-refractivity contribution in [3.63, 3.8) is 0 Å². The number of Topliss-reactive ketones (excluding diaryl/α,β-unsaturated/α-hetero) is 1. The Morgan fingerprint density at radius 2 is 2.05 bits per heavy atom. The van der Waals surface area contributed by atoms with Crippen LogP contribution in [0.15, 0.2) is 22.7 Å². The van der Waals surface area contributed by atoms with Crippen molar-refractivity contribution < 1.29 is 19.1 Å². The number of imide groups is 1. The Kier molecular flexibility index (Phi) is 4.04. The molecule has 112 valence electrons. The van der Waals surface area contributed by atoms with E-state index in [1.54, 1.807) is 32.0 Å². The van der Waals surface area contributed by atoms with Crippen LogP contribution in [0, 0.1) is 0 Å².